The fourth-order valence-corrected chi connectivity index (χ4v) is 6.96. The van der Waals surface area contributed by atoms with Gasteiger partial charge in [-0.3, -0.25) is 9.59 Å². The SMILES string of the molecule is CC[C@H](C)C(=O)O[C@H]1C[C@@H](C)C=C2C=C[C@H](C)[C@H](CC[C@@H]3C[C@H](CC(=O)NC)N(CCc4ccc(O)c(OC)c4)C(=O)O3)[C@H]21. The Bertz CT molecular complexity index is 1240. The molecule has 1 heterocycles. The van der Waals surface area contributed by atoms with E-state index in [1.807, 2.05) is 13.8 Å². The van der Waals surface area contributed by atoms with E-state index in [1.165, 1.54) is 12.7 Å². The Labute approximate surface area is 262 Å². The van der Waals surface area contributed by atoms with E-state index in [9.17, 15) is 19.5 Å². The van der Waals surface area contributed by atoms with Crippen molar-refractivity contribution in [1.29, 1.82) is 0 Å². The summed E-state index contributed by atoms with van der Waals surface area (Å²) in [6.45, 7) is 8.69. The molecule has 0 spiro atoms. The zero-order valence-electron chi connectivity index (χ0n) is 27.1. The number of phenolic OH excluding ortho intramolecular Hbond substituents is 1. The third-order valence-corrected chi connectivity index (χ3v) is 9.76. The van der Waals surface area contributed by atoms with E-state index in [0.29, 0.717) is 37.5 Å². The standard InChI is InChI=1S/C35H50N2O7/c1-7-22(3)34(40)44-31-17-21(2)16-25-10-8-23(4)28(33(25)31)12-11-27-19-26(20-32(39)36-5)37(35(41)43-27)15-14-24-9-13-29(38)30(18-24)42-6/h8-10,13,16,18,21-23,26-28,31,33,38H,7,11-12,14-15,17,19-20H2,1-6H3,(H,36,39)/t21-,22-,23-,26+,27+,28-,31-,33-/m0/s1. The molecule has 44 heavy (non-hydrogen) atoms. The van der Waals surface area contributed by atoms with Crippen molar-refractivity contribution in [2.24, 2.45) is 29.6 Å². The number of amides is 2. The van der Waals surface area contributed by atoms with Crippen LogP contribution >= 0.6 is 0 Å². The summed E-state index contributed by atoms with van der Waals surface area (Å²) in [6, 6.07) is 4.83. The molecule has 2 aliphatic carbocycles. The van der Waals surface area contributed by atoms with Crippen LogP contribution in [-0.4, -0.2) is 66.9 Å². The first-order chi connectivity index (χ1) is 21.0. The van der Waals surface area contributed by atoms with Gasteiger partial charge in [-0.1, -0.05) is 52.0 Å². The lowest BCUT2D eigenvalue weighted by Gasteiger charge is -2.44. The lowest BCUT2D eigenvalue weighted by atomic mass is 9.65. The summed E-state index contributed by atoms with van der Waals surface area (Å²) in [4.78, 5) is 40.3. The van der Waals surface area contributed by atoms with Crippen LogP contribution in [0.4, 0.5) is 4.79 Å². The summed E-state index contributed by atoms with van der Waals surface area (Å²) in [5, 5.41) is 12.6. The summed E-state index contributed by atoms with van der Waals surface area (Å²) in [5.74, 6) is 1.02. The normalized spacial score (nSPS) is 28.8. The Kier molecular flexibility index (Phi) is 11.4. The van der Waals surface area contributed by atoms with Crippen LogP contribution in [0.2, 0.25) is 0 Å². The molecule has 1 aliphatic heterocycles. The highest BCUT2D eigenvalue weighted by atomic mass is 16.6. The Balaban J connectivity index is 1.45. The van der Waals surface area contributed by atoms with Crippen molar-refractivity contribution in [3.63, 3.8) is 0 Å². The number of fused-ring (bicyclic) bond motifs is 1. The summed E-state index contributed by atoms with van der Waals surface area (Å²) < 4.78 is 17.4. The molecule has 0 aromatic heterocycles. The van der Waals surface area contributed by atoms with Gasteiger partial charge in [0.15, 0.2) is 11.5 Å². The van der Waals surface area contributed by atoms with E-state index in [4.69, 9.17) is 14.2 Å². The summed E-state index contributed by atoms with van der Waals surface area (Å²) in [7, 11) is 3.10. The van der Waals surface area contributed by atoms with Crippen LogP contribution < -0.4 is 10.1 Å². The van der Waals surface area contributed by atoms with E-state index in [-0.39, 0.29) is 66.0 Å². The van der Waals surface area contributed by atoms with E-state index >= 15 is 0 Å². The summed E-state index contributed by atoms with van der Waals surface area (Å²) >= 11 is 0. The zero-order chi connectivity index (χ0) is 32.0. The topological polar surface area (TPSA) is 114 Å². The molecule has 9 nitrogen and oxygen atoms in total. The molecule has 1 aromatic carbocycles. The first-order valence-electron chi connectivity index (χ1n) is 16.2. The first kappa shape index (κ1) is 33.4. The van der Waals surface area contributed by atoms with Gasteiger partial charge in [-0.05, 0) is 73.1 Å². The number of carbonyl (C=O) groups is 3. The van der Waals surface area contributed by atoms with Crippen molar-refractivity contribution >= 4 is 18.0 Å². The van der Waals surface area contributed by atoms with Crippen molar-refractivity contribution in [1.82, 2.24) is 10.2 Å². The second kappa shape index (κ2) is 15.0. The third kappa shape index (κ3) is 7.96. The smallest absolute Gasteiger partial charge is 0.410 e. The predicted molar refractivity (Wildman–Crippen MR) is 168 cm³/mol. The van der Waals surface area contributed by atoms with Crippen LogP contribution in [0.3, 0.4) is 0 Å². The van der Waals surface area contributed by atoms with Gasteiger partial charge in [-0.25, -0.2) is 4.79 Å². The predicted octanol–water partition coefficient (Wildman–Crippen LogP) is 5.80. The van der Waals surface area contributed by atoms with Gasteiger partial charge in [-0.2, -0.15) is 0 Å². The minimum absolute atomic E-state index is 0.0575. The molecule has 8 atom stereocenters. The fourth-order valence-electron chi connectivity index (χ4n) is 6.96. The van der Waals surface area contributed by atoms with Crippen molar-refractivity contribution in [3.05, 3.63) is 47.6 Å². The van der Waals surface area contributed by atoms with E-state index in [0.717, 1.165) is 24.8 Å². The highest BCUT2D eigenvalue weighted by molar-refractivity contribution is 5.77. The first-order valence-corrected chi connectivity index (χ1v) is 16.2. The molecule has 1 fully saturated rings. The molecule has 4 rings (SSSR count). The summed E-state index contributed by atoms with van der Waals surface area (Å²) in [6.07, 6.45) is 10.2. The maximum Gasteiger partial charge on any atom is 0.410 e. The quantitative estimate of drug-likeness (QED) is 0.288. The molecule has 0 radical (unpaired) electrons. The molecule has 1 saturated heterocycles. The Morgan fingerprint density at radius 2 is 1.98 bits per heavy atom. The third-order valence-electron chi connectivity index (χ3n) is 9.76. The monoisotopic (exact) mass is 610 g/mol. The number of rotatable bonds is 12. The van der Waals surface area contributed by atoms with Crippen molar-refractivity contribution in [2.45, 2.75) is 90.9 Å². The number of ether oxygens (including phenoxy) is 3. The second-order valence-electron chi connectivity index (χ2n) is 12.9. The molecule has 0 saturated carbocycles. The molecule has 242 valence electrons. The average molecular weight is 611 g/mol. The van der Waals surface area contributed by atoms with Gasteiger partial charge in [0, 0.05) is 38.4 Å². The van der Waals surface area contributed by atoms with Gasteiger partial charge in [0.1, 0.15) is 12.2 Å². The number of hydrogen-bond donors (Lipinski definition) is 2. The fraction of sp³-hybridized carbons (Fsp3) is 0.629. The Morgan fingerprint density at radius 1 is 1.20 bits per heavy atom. The molecule has 0 bridgehead atoms. The zero-order valence-corrected chi connectivity index (χ0v) is 27.1. The number of aromatic hydroxyl groups is 1. The molecule has 0 unspecified atom stereocenters. The van der Waals surface area contributed by atoms with Crippen molar-refractivity contribution < 1.29 is 33.7 Å². The number of nitrogens with one attached hydrogen (secondary N) is 1. The number of phenols is 1. The second-order valence-corrected chi connectivity index (χ2v) is 12.9. The molecule has 2 amide bonds. The van der Waals surface area contributed by atoms with Crippen LogP contribution in [0.5, 0.6) is 11.5 Å². The number of benzene rings is 1. The van der Waals surface area contributed by atoms with Gasteiger partial charge < -0.3 is 29.5 Å². The van der Waals surface area contributed by atoms with Crippen molar-refractivity contribution in [3.8, 4) is 11.5 Å². The largest absolute Gasteiger partial charge is 0.504 e. The Morgan fingerprint density at radius 3 is 2.68 bits per heavy atom. The highest BCUT2D eigenvalue weighted by Crippen LogP contribution is 2.45. The van der Waals surface area contributed by atoms with Gasteiger partial charge in [0.25, 0.3) is 0 Å². The molecular weight excluding hydrogens is 560 g/mol. The maximum atomic E-state index is 13.4. The minimum atomic E-state index is -0.412. The van der Waals surface area contributed by atoms with Gasteiger partial charge in [0.05, 0.1) is 13.0 Å². The maximum absolute atomic E-state index is 13.4. The van der Waals surface area contributed by atoms with Gasteiger partial charge in [-0.15, -0.1) is 0 Å². The van der Waals surface area contributed by atoms with E-state index in [2.05, 4.69) is 37.4 Å². The molecule has 9 heteroatoms. The highest BCUT2D eigenvalue weighted by Gasteiger charge is 2.43. The van der Waals surface area contributed by atoms with E-state index < -0.39 is 6.09 Å². The lowest BCUT2D eigenvalue weighted by Crippen LogP contribution is -2.51. The van der Waals surface area contributed by atoms with Crippen LogP contribution in [-0.2, 0) is 25.5 Å². The molecule has 2 N–H and O–H groups in total. The Hall–Kier alpha value is -3.49. The number of methoxy groups -OCH3 is 1. The van der Waals surface area contributed by atoms with Crippen LogP contribution in [0.15, 0.2) is 42.0 Å². The van der Waals surface area contributed by atoms with Crippen LogP contribution in [0.25, 0.3) is 0 Å². The number of carbonyl (C=O) groups excluding carboxylic acids is 3. The lowest BCUT2D eigenvalue weighted by molar-refractivity contribution is -0.158. The minimum Gasteiger partial charge on any atom is -0.504 e. The van der Waals surface area contributed by atoms with Crippen LogP contribution in [0, 0.1) is 29.6 Å². The van der Waals surface area contributed by atoms with E-state index in [1.54, 1.807) is 30.1 Å². The average Bonchev–Trinajstić information content (AvgIpc) is 3.00. The number of esters is 1. The molecular formula is C35H50N2O7. The molecule has 1 aromatic rings. The number of allylic oxidation sites excluding steroid dienone is 3. The van der Waals surface area contributed by atoms with Crippen molar-refractivity contribution in [2.75, 3.05) is 20.7 Å². The number of nitrogens with zero attached hydrogens (tertiary/aromatic N) is 1. The van der Waals surface area contributed by atoms with Gasteiger partial charge in [0.2, 0.25) is 5.91 Å². The van der Waals surface area contributed by atoms with Gasteiger partial charge >= 0.3 is 12.1 Å². The molecule has 3 aliphatic rings. The van der Waals surface area contributed by atoms with Crippen LogP contribution in [0.1, 0.15) is 71.8 Å². The summed E-state index contributed by atoms with van der Waals surface area (Å²) in [5.41, 5.74) is 2.14. The number of cyclic esters (lactones) is 1. The number of hydrogen-bond acceptors (Lipinski definition) is 7.